The first kappa shape index (κ1) is 19.6. The number of nitrogens with zero attached hydrogens (tertiary/aromatic N) is 1. The quantitative estimate of drug-likeness (QED) is 0.823. The summed E-state index contributed by atoms with van der Waals surface area (Å²) in [6.07, 6.45) is 2.06. The highest BCUT2D eigenvalue weighted by molar-refractivity contribution is 6.06. The molecule has 0 aliphatic carbocycles. The van der Waals surface area contributed by atoms with Crippen molar-refractivity contribution in [1.82, 2.24) is 4.90 Å². The molecule has 0 spiro atoms. The highest BCUT2D eigenvalue weighted by Crippen LogP contribution is 2.19. The number of amides is 2. The summed E-state index contributed by atoms with van der Waals surface area (Å²) in [5.41, 5.74) is 1.86. The number of anilines is 1. The zero-order valence-corrected chi connectivity index (χ0v) is 16.1. The van der Waals surface area contributed by atoms with E-state index in [1.54, 1.807) is 42.5 Å². The molecule has 1 fully saturated rings. The van der Waals surface area contributed by atoms with E-state index in [9.17, 15) is 14.4 Å². The zero-order chi connectivity index (χ0) is 20.1. The van der Waals surface area contributed by atoms with Crippen LogP contribution >= 0.6 is 0 Å². The number of methoxy groups -OCH3 is 1. The van der Waals surface area contributed by atoms with Gasteiger partial charge in [-0.1, -0.05) is 13.0 Å². The van der Waals surface area contributed by atoms with Gasteiger partial charge >= 0.3 is 5.97 Å². The van der Waals surface area contributed by atoms with Gasteiger partial charge in [0, 0.05) is 29.9 Å². The molecule has 0 saturated carbocycles. The molecule has 1 heterocycles. The molecule has 2 aromatic rings. The average Bonchev–Trinajstić information content (AvgIpc) is 2.74. The fourth-order valence-electron chi connectivity index (χ4n) is 3.20. The van der Waals surface area contributed by atoms with Crippen molar-refractivity contribution in [2.24, 2.45) is 5.92 Å². The van der Waals surface area contributed by atoms with Gasteiger partial charge in [0.05, 0.1) is 12.7 Å². The second-order valence-electron chi connectivity index (χ2n) is 7.08. The molecule has 0 aromatic heterocycles. The highest BCUT2D eigenvalue weighted by Gasteiger charge is 2.21. The fourth-order valence-corrected chi connectivity index (χ4v) is 3.20. The molecule has 1 N–H and O–H groups in total. The molecule has 6 heteroatoms. The number of likely N-dealkylation sites (tertiary alicyclic amines) is 1. The summed E-state index contributed by atoms with van der Waals surface area (Å²) in [6.45, 7) is 3.78. The van der Waals surface area contributed by atoms with E-state index in [-0.39, 0.29) is 11.8 Å². The van der Waals surface area contributed by atoms with Gasteiger partial charge in [0.15, 0.2) is 0 Å². The number of carbonyl (C=O) groups is 3. The lowest BCUT2D eigenvalue weighted by Gasteiger charge is -2.30. The van der Waals surface area contributed by atoms with Crippen LogP contribution in [-0.4, -0.2) is 42.9 Å². The van der Waals surface area contributed by atoms with E-state index in [0.717, 1.165) is 25.9 Å². The third-order valence-electron chi connectivity index (χ3n) is 5.01. The third-order valence-corrected chi connectivity index (χ3v) is 5.01. The SMILES string of the molecule is COC(=O)c1cccc(C(=O)Nc2ccc(C(=O)N3CCC(C)CC3)cc2)c1. The summed E-state index contributed by atoms with van der Waals surface area (Å²) in [7, 11) is 1.29. The summed E-state index contributed by atoms with van der Waals surface area (Å²) < 4.78 is 4.67. The van der Waals surface area contributed by atoms with Gasteiger partial charge in [-0.15, -0.1) is 0 Å². The van der Waals surface area contributed by atoms with Crippen molar-refractivity contribution < 1.29 is 19.1 Å². The van der Waals surface area contributed by atoms with Crippen LogP contribution in [0.3, 0.4) is 0 Å². The van der Waals surface area contributed by atoms with Gasteiger partial charge in [-0.25, -0.2) is 4.79 Å². The standard InChI is InChI=1S/C22H24N2O4/c1-15-10-12-24(13-11-15)21(26)16-6-8-19(9-7-16)23-20(25)17-4-3-5-18(14-17)22(27)28-2/h3-9,14-15H,10-13H2,1-2H3,(H,23,25). The number of benzene rings is 2. The van der Waals surface area contributed by atoms with E-state index in [2.05, 4.69) is 17.0 Å². The van der Waals surface area contributed by atoms with Gasteiger partial charge in [0.1, 0.15) is 0 Å². The van der Waals surface area contributed by atoms with Crippen LogP contribution in [0.25, 0.3) is 0 Å². The summed E-state index contributed by atoms with van der Waals surface area (Å²) in [5.74, 6) is -0.144. The van der Waals surface area contributed by atoms with Crippen LogP contribution in [0.4, 0.5) is 5.69 Å². The smallest absolute Gasteiger partial charge is 0.337 e. The fraction of sp³-hybridized carbons (Fsp3) is 0.318. The summed E-state index contributed by atoms with van der Waals surface area (Å²) in [6, 6.07) is 13.2. The Kier molecular flexibility index (Phi) is 6.09. The number of ether oxygens (including phenoxy) is 1. The van der Waals surface area contributed by atoms with Crippen LogP contribution in [0.2, 0.25) is 0 Å². The predicted octanol–water partition coefficient (Wildman–Crippen LogP) is 3.60. The molecule has 1 aliphatic rings. The van der Waals surface area contributed by atoms with Gasteiger partial charge < -0.3 is 15.0 Å². The maximum Gasteiger partial charge on any atom is 0.337 e. The van der Waals surface area contributed by atoms with Gasteiger partial charge in [0.25, 0.3) is 11.8 Å². The second kappa shape index (κ2) is 8.69. The molecular formula is C22H24N2O4. The van der Waals surface area contributed by atoms with E-state index in [1.807, 2.05) is 4.90 Å². The first-order valence-electron chi connectivity index (χ1n) is 9.37. The second-order valence-corrected chi connectivity index (χ2v) is 7.08. The molecule has 28 heavy (non-hydrogen) atoms. The molecule has 146 valence electrons. The molecule has 1 saturated heterocycles. The zero-order valence-electron chi connectivity index (χ0n) is 16.1. The average molecular weight is 380 g/mol. The van der Waals surface area contributed by atoms with Gasteiger partial charge in [-0.05, 0) is 61.2 Å². The van der Waals surface area contributed by atoms with Crippen LogP contribution in [-0.2, 0) is 4.74 Å². The van der Waals surface area contributed by atoms with Crippen LogP contribution in [0, 0.1) is 5.92 Å². The highest BCUT2D eigenvalue weighted by atomic mass is 16.5. The van der Waals surface area contributed by atoms with Gasteiger partial charge in [-0.2, -0.15) is 0 Å². The topological polar surface area (TPSA) is 75.7 Å². The monoisotopic (exact) mass is 380 g/mol. The number of esters is 1. The van der Waals surface area contributed by atoms with E-state index >= 15 is 0 Å². The van der Waals surface area contributed by atoms with Gasteiger partial charge in [0.2, 0.25) is 0 Å². The molecule has 6 nitrogen and oxygen atoms in total. The van der Waals surface area contributed by atoms with Crippen molar-refractivity contribution in [2.45, 2.75) is 19.8 Å². The van der Waals surface area contributed by atoms with E-state index < -0.39 is 5.97 Å². The summed E-state index contributed by atoms with van der Waals surface area (Å²) in [4.78, 5) is 38.5. The minimum Gasteiger partial charge on any atom is -0.465 e. The molecule has 0 radical (unpaired) electrons. The Balaban J connectivity index is 1.65. The normalized spacial score (nSPS) is 14.4. The van der Waals surface area contributed by atoms with Crippen molar-refractivity contribution in [2.75, 3.05) is 25.5 Å². The largest absolute Gasteiger partial charge is 0.465 e. The van der Waals surface area contributed by atoms with Crippen molar-refractivity contribution in [1.29, 1.82) is 0 Å². The van der Waals surface area contributed by atoms with E-state index in [4.69, 9.17) is 0 Å². The van der Waals surface area contributed by atoms with Crippen molar-refractivity contribution in [3.05, 3.63) is 65.2 Å². The lowest BCUT2D eigenvalue weighted by atomic mass is 9.98. The lowest BCUT2D eigenvalue weighted by Crippen LogP contribution is -2.37. The molecule has 1 aliphatic heterocycles. The molecule has 0 unspecified atom stereocenters. The maximum atomic E-state index is 12.6. The van der Waals surface area contributed by atoms with Crippen LogP contribution in [0.1, 0.15) is 50.8 Å². The Labute approximate surface area is 164 Å². The van der Waals surface area contributed by atoms with E-state index in [0.29, 0.717) is 28.3 Å². The Bertz CT molecular complexity index is 868. The summed E-state index contributed by atoms with van der Waals surface area (Å²) in [5, 5.41) is 2.78. The Hall–Kier alpha value is -3.15. The third kappa shape index (κ3) is 4.57. The van der Waals surface area contributed by atoms with Crippen molar-refractivity contribution >= 4 is 23.5 Å². The molecule has 0 bridgehead atoms. The lowest BCUT2D eigenvalue weighted by molar-refractivity contribution is 0.0600. The first-order chi connectivity index (χ1) is 13.5. The number of hydrogen-bond donors (Lipinski definition) is 1. The predicted molar refractivity (Wildman–Crippen MR) is 106 cm³/mol. The molecular weight excluding hydrogens is 356 g/mol. The first-order valence-corrected chi connectivity index (χ1v) is 9.37. The molecule has 3 rings (SSSR count). The Morgan fingerprint density at radius 3 is 2.25 bits per heavy atom. The Morgan fingerprint density at radius 2 is 1.61 bits per heavy atom. The van der Waals surface area contributed by atoms with Crippen molar-refractivity contribution in [3.63, 3.8) is 0 Å². The van der Waals surface area contributed by atoms with Crippen molar-refractivity contribution in [3.8, 4) is 0 Å². The minimum absolute atomic E-state index is 0.0237. The number of piperidine rings is 1. The maximum absolute atomic E-state index is 12.6. The molecule has 2 amide bonds. The number of nitrogens with one attached hydrogen (secondary N) is 1. The van der Waals surface area contributed by atoms with E-state index in [1.165, 1.54) is 13.2 Å². The summed E-state index contributed by atoms with van der Waals surface area (Å²) >= 11 is 0. The Morgan fingerprint density at radius 1 is 0.964 bits per heavy atom. The number of hydrogen-bond acceptors (Lipinski definition) is 4. The molecule has 2 aromatic carbocycles. The van der Waals surface area contributed by atoms with Crippen LogP contribution < -0.4 is 5.32 Å². The molecule has 0 atom stereocenters. The van der Waals surface area contributed by atoms with Gasteiger partial charge in [-0.3, -0.25) is 9.59 Å². The van der Waals surface area contributed by atoms with Crippen LogP contribution in [0.15, 0.2) is 48.5 Å². The van der Waals surface area contributed by atoms with Crippen LogP contribution in [0.5, 0.6) is 0 Å². The number of rotatable bonds is 4. The number of carbonyl (C=O) groups excluding carboxylic acids is 3. The minimum atomic E-state index is -0.496.